The van der Waals surface area contributed by atoms with Crippen LogP contribution in [0.5, 0.6) is 0 Å². The summed E-state index contributed by atoms with van der Waals surface area (Å²) in [6.45, 7) is 14.8. The second kappa shape index (κ2) is 8.97. The first kappa shape index (κ1) is 15.9. The van der Waals surface area contributed by atoms with Gasteiger partial charge in [-0.2, -0.15) is 0 Å². The van der Waals surface area contributed by atoms with Crippen molar-refractivity contribution in [1.29, 1.82) is 0 Å². The van der Waals surface area contributed by atoms with Gasteiger partial charge in [-0.3, -0.25) is 0 Å². The first-order valence-electron chi connectivity index (χ1n) is 6.52. The topological polar surface area (TPSA) is 18.5 Å². The maximum absolute atomic E-state index is 3.48. The van der Waals surface area contributed by atoms with Crippen LogP contribution < -0.4 is 5.32 Å². The molecule has 16 heavy (non-hydrogen) atoms. The Labute approximate surface area is 102 Å². The quantitative estimate of drug-likeness (QED) is 0.646. The summed E-state index contributed by atoms with van der Waals surface area (Å²) < 4.78 is 0. The van der Waals surface area contributed by atoms with Crippen molar-refractivity contribution in [2.45, 2.75) is 33.7 Å². The first-order valence-corrected chi connectivity index (χ1v) is 6.52. The molecule has 0 radical (unpaired) electrons. The van der Waals surface area contributed by atoms with Gasteiger partial charge < -0.3 is 15.1 Å². The Morgan fingerprint density at radius 2 is 1.56 bits per heavy atom. The molecule has 0 aromatic rings. The molecule has 0 aromatic heterocycles. The van der Waals surface area contributed by atoms with Crippen molar-refractivity contribution in [3.63, 3.8) is 0 Å². The van der Waals surface area contributed by atoms with Gasteiger partial charge in [-0.05, 0) is 20.0 Å². The molecule has 0 aliphatic rings. The summed E-state index contributed by atoms with van der Waals surface area (Å²) in [5.41, 5.74) is 0. The molecule has 0 fully saturated rings. The second-order valence-electron chi connectivity index (χ2n) is 5.61. The van der Waals surface area contributed by atoms with Crippen LogP contribution in [0.2, 0.25) is 0 Å². The molecule has 0 saturated carbocycles. The lowest BCUT2D eigenvalue weighted by atomic mass is 10.2. The molecule has 3 nitrogen and oxygen atoms in total. The molecule has 0 aromatic carbocycles. The molecule has 0 rings (SSSR count). The van der Waals surface area contributed by atoms with E-state index >= 15 is 0 Å². The van der Waals surface area contributed by atoms with Gasteiger partial charge in [0.2, 0.25) is 0 Å². The number of nitrogens with one attached hydrogen (secondary N) is 1. The van der Waals surface area contributed by atoms with Crippen molar-refractivity contribution < 1.29 is 0 Å². The van der Waals surface area contributed by atoms with Gasteiger partial charge >= 0.3 is 0 Å². The zero-order valence-electron chi connectivity index (χ0n) is 12.1. The molecule has 0 aliphatic carbocycles. The van der Waals surface area contributed by atoms with Gasteiger partial charge in [-0.25, -0.2) is 0 Å². The van der Waals surface area contributed by atoms with E-state index in [-0.39, 0.29) is 0 Å². The standard InChI is InChI=1S/C13H31N3/c1-12(2)11-16(10-9-15(5)6)8-7-14-13(3)4/h12-14H,7-11H2,1-6H3. The molecule has 0 unspecified atom stereocenters. The Kier molecular flexibility index (Phi) is 8.90. The predicted octanol–water partition coefficient (Wildman–Crippen LogP) is 1.50. The number of likely N-dealkylation sites (N-methyl/N-ethyl adjacent to an activating group) is 1. The van der Waals surface area contributed by atoms with Gasteiger partial charge in [0.15, 0.2) is 0 Å². The third kappa shape index (κ3) is 10.4. The van der Waals surface area contributed by atoms with Crippen molar-refractivity contribution in [2.24, 2.45) is 5.92 Å². The minimum atomic E-state index is 0.592. The van der Waals surface area contributed by atoms with Crippen LogP contribution in [-0.2, 0) is 0 Å². The summed E-state index contributed by atoms with van der Waals surface area (Å²) >= 11 is 0. The minimum absolute atomic E-state index is 0.592. The summed E-state index contributed by atoms with van der Waals surface area (Å²) in [6.07, 6.45) is 0. The van der Waals surface area contributed by atoms with E-state index in [4.69, 9.17) is 0 Å². The van der Waals surface area contributed by atoms with Crippen LogP contribution >= 0.6 is 0 Å². The average Bonchev–Trinajstić information content (AvgIpc) is 2.12. The van der Waals surface area contributed by atoms with Gasteiger partial charge in [0.1, 0.15) is 0 Å². The molecule has 98 valence electrons. The van der Waals surface area contributed by atoms with Crippen LogP contribution in [0.1, 0.15) is 27.7 Å². The van der Waals surface area contributed by atoms with Gasteiger partial charge in [-0.1, -0.05) is 27.7 Å². The monoisotopic (exact) mass is 229 g/mol. The molecule has 0 aliphatic heterocycles. The Hall–Kier alpha value is -0.120. The van der Waals surface area contributed by atoms with Gasteiger partial charge in [0, 0.05) is 38.8 Å². The van der Waals surface area contributed by atoms with E-state index in [9.17, 15) is 0 Å². The minimum Gasteiger partial charge on any atom is -0.313 e. The predicted molar refractivity (Wildman–Crippen MR) is 73.0 cm³/mol. The Bertz CT molecular complexity index is 155. The lowest BCUT2D eigenvalue weighted by Crippen LogP contribution is -2.40. The zero-order chi connectivity index (χ0) is 12.6. The highest BCUT2D eigenvalue weighted by atomic mass is 15.2. The molecule has 3 heteroatoms. The van der Waals surface area contributed by atoms with E-state index in [1.165, 1.54) is 13.1 Å². The van der Waals surface area contributed by atoms with Crippen molar-refractivity contribution >= 4 is 0 Å². The SMILES string of the molecule is CC(C)CN(CCNC(C)C)CCN(C)C. The van der Waals surface area contributed by atoms with Crippen LogP contribution in [-0.4, -0.2) is 62.7 Å². The maximum Gasteiger partial charge on any atom is 0.0110 e. The van der Waals surface area contributed by atoms with E-state index in [1.54, 1.807) is 0 Å². The summed E-state index contributed by atoms with van der Waals surface area (Å²) in [5, 5.41) is 3.48. The maximum atomic E-state index is 3.48. The fraction of sp³-hybridized carbons (Fsp3) is 1.00. The molecule has 0 saturated heterocycles. The summed E-state index contributed by atoms with van der Waals surface area (Å²) in [5.74, 6) is 0.751. The van der Waals surface area contributed by atoms with Crippen molar-refractivity contribution in [2.75, 3.05) is 46.8 Å². The largest absolute Gasteiger partial charge is 0.313 e. The fourth-order valence-corrected chi connectivity index (χ4v) is 1.66. The van der Waals surface area contributed by atoms with Crippen LogP contribution in [0, 0.1) is 5.92 Å². The molecule has 0 atom stereocenters. The van der Waals surface area contributed by atoms with Crippen LogP contribution in [0.15, 0.2) is 0 Å². The molecule has 0 bridgehead atoms. The summed E-state index contributed by atoms with van der Waals surface area (Å²) in [6, 6.07) is 0.592. The molecular formula is C13H31N3. The van der Waals surface area contributed by atoms with E-state index in [0.29, 0.717) is 6.04 Å². The van der Waals surface area contributed by atoms with E-state index in [0.717, 1.165) is 25.6 Å². The highest BCUT2D eigenvalue weighted by Crippen LogP contribution is 1.98. The summed E-state index contributed by atoms with van der Waals surface area (Å²) in [4.78, 5) is 4.81. The normalized spacial score (nSPS) is 12.4. The number of nitrogens with zero attached hydrogens (tertiary/aromatic N) is 2. The first-order chi connectivity index (χ1) is 7.41. The van der Waals surface area contributed by atoms with Gasteiger partial charge in [0.25, 0.3) is 0 Å². The Morgan fingerprint density at radius 3 is 2.00 bits per heavy atom. The van der Waals surface area contributed by atoms with Crippen LogP contribution in [0.25, 0.3) is 0 Å². The number of rotatable bonds is 9. The van der Waals surface area contributed by atoms with Gasteiger partial charge in [0.05, 0.1) is 0 Å². The molecule has 0 amide bonds. The lowest BCUT2D eigenvalue weighted by Gasteiger charge is -2.26. The number of hydrogen-bond donors (Lipinski definition) is 1. The lowest BCUT2D eigenvalue weighted by molar-refractivity contribution is 0.218. The summed E-state index contributed by atoms with van der Waals surface area (Å²) in [7, 11) is 4.28. The van der Waals surface area contributed by atoms with Crippen molar-refractivity contribution in [3.8, 4) is 0 Å². The Morgan fingerprint density at radius 1 is 0.938 bits per heavy atom. The van der Waals surface area contributed by atoms with Gasteiger partial charge in [-0.15, -0.1) is 0 Å². The molecule has 0 spiro atoms. The van der Waals surface area contributed by atoms with Crippen molar-refractivity contribution in [1.82, 2.24) is 15.1 Å². The highest BCUT2D eigenvalue weighted by molar-refractivity contribution is 4.64. The highest BCUT2D eigenvalue weighted by Gasteiger charge is 2.07. The Balaban J connectivity index is 3.81. The third-order valence-electron chi connectivity index (χ3n) is 2.47. The van der Waals surface area contributed by atoms with Crippen LogP contribution in [0.4, 0.5) is 0 Å². The van der Waals surface area contributed by atoms with Crippen LogP contribution in [0.3, 0.4) is 0 Å². The molecule has 1 N–H and O–H groups in total. The smallest absolute Gasteiger partial charge is 0.0110 e. The van der Waals surface area contributed by atoms with Crippen molar-refractivity contribution in [3.05, 3.63) is 0 Å². The van der Waals surface area contributed by atoms with E-state index in [1.807, 2.05) is 0 Å². The molecule has 0 heterocycles. The van der Waals surface area contributed by atoms with E-state index < -0.39 is 0 Å². The average molecular weight is 229 g/mol. The fourth-order valence-electron chi connectivity index (χ4n) is 1.66. The van der Waals surface area contributed by atoms with E-state index in [2.05, 4.69) is 56.9 Å². The number of hydrogen-bond acceptors (Lipinski definition) is 3. The molecular weight excluding hydrogens is 198 g/mol. The second-order valence-corrected chi connectivity index (χ2v) is 5.61. The zero-order valence-corrected chi connectivity index (χ0v) is 12.1. The third-order valence-corrected chi connectivity index (χ3v) is 2.47.